The lowest BCUT2D eigenvalue weighted by atomic mass is 10.1. The second-order valence-electron chi connectivity index (χ2n) is 4.39. The van der Waals surface area contributed by atoms with Crippen LogP contribution in [0.4, 0.5) is 0 Å². The van der Waals surface area contributed by atoms with Gasteiger partial charge in [-0.25, -0.2) is 4.68 Å². The summed E-state index contributed by atoms with van der Waals surface area (Å²) in [6, 6.07) is 17.0. The summed E-state index contributed by atoms with van der Waals surface area (Å²) in [4.78, 5) is 16.7. The molecule has 0 unspecified atom stereocenters. The summed E-state index contributed by atoms with van der Waals surface area (Å²) >= 11 is 0. The first-order valence-corrected chi connectivity index (χ1v) is 6.36. The number of hydrogen-bond donors (Lipinski definition) is 0. The molecule has 2 heterocycles. The van der Waals surface area contributed by atoms with Crippen molar-refractivity contribution in [2.75, 3.05) is 0 Å². The molecule has 0 N–H and O–H groups in total. The third-order valence-corrected chi connectivity index (χ3v) is 3.03. The molecule has 1 aromatic carbocycles. The Morgan fingerprint density at radius 1 is 0.900 bits per heavy atom. The molecule has 0 aliphatic rings. The van der Waals surface area contributed by atoms with Crippen LogP contribution >= 0.6 is 0 Å². The van der Waals surface area contributed by atoms with Crippen LogP contribution in [-0.2, 0) is 6.54 Å². The monoisotopic (exact) mass is 263 g/mol. The lowest BCUT2D eigenvalue weighted by Gasteiger charge is -2.06. The van der Waals surface area contributed by atoms with Gasteiger partial charge in [0.2, 0.25) is 0 Å². The molecule has 0 aliphatic heterocycles. The minimum Gasteiger partial charge on any atom is -0.267 e. The molecule has 0 saturated heterocycles. The fourth-order valence-electron chi connectivity index (χ4n) is 2.05. The fourth-order valence-corrected chi connectivity index (χ4v) is 2.05. The van der Waals surface area contributed by atoms with Crippen molar-refractivity contribution >= 4 is 0 Å². The van der Waals surface area contributed by atoms with Crippen molar-refractivity contribution in [1.82, 2.24) is 14.8 Å². The third kappa shape index (κ3) is 2.49. The maximum Gasteiger partial charge on any atom is 0.274 e. The van der Waals surface area contributed by atoms with Crippen LogP contribution in [0.5, 0.6) is 0 Å². The van der Waals surface area contributed by atoms with Crippen molar-refractivity contribution in [3.63, 3.8) is 0 Å². The van der Waals surface area contributed by atoms with Gasteiger partial charge in [-0.15, -0.1) is 0 Å². The highest BCUT2D eigenvalue weighted by Gasteiger charge is 2.07. The summed E-state index contributed by atoms with van der Waals surface area (Å²) < 4.78 is 1.44. The SMILES string of the molecule is O=c1c(-c2ccccc2)ccnn1Cc1ccccn1. The van der Waals surface area contributed by atoms with Crippen LogP contribution in [0.2, 0.25) is 0 Å². The Hall–Kier alpha value is -2.75. The van der Waals surface area contributed by atoms with E-state index in [0.717, 1.165) is 11.3 Å². The quantitative estimate of drug-likeness (QED) is 0.728. The van der Waals surface area contributed by atoms with Crippen molar-refractivity contribution in [3.05, 3.63) is 83.0 Å². The molecular formula is C16H13N3O. The van der Waals surface area contributed by atoms with Gasteiger partial charge in [0.25, 0.3) is 5.56 Å². The molecule has 0 amide bonds. The molecule has 0 fully saturated rings. The van der Waals surface area contributed by atoms with Crippen molar-refractivity contribution in [3.8, 4) is 11.1 Å². The molecule has 0 atom stereocenters. The van der Waals surface area contributed by atoms with Crippen LogP contribution in [0.1, 0.15) is 5.69 Å². The Morgan fingerprint density at radius 3 is 2.45 bits per heavy atom. The Kier molecular flexibility index (Phi) is 3.37. The maximum absolute atomic E-state index is 12.4. The summed E-state index contributed by atoms with van der Waals surface area (Å²) in [5.74, 6) is 0. The molecule has 3 rings (SSSR count). The van der Waals surface area contributed by atoms with Gasteiger partial charge in [-0.1, -0.05) is 36.4 Å². The van der Waals surface area contributed by atoms with Crippen LogP contribution in [0.15, 0.2) is 71.8 Å². The van der Waals surface area contributed by atoms with E-state index in [0.29, 0.717) is 12.1 Å². The van der Waals surface area contributed by atoms with E-state index in [4.69, 9.17) is 0 Å². The molecule has 2 aromatic heterocycles. The Bertz CT molecular complexity index is 751. The lowest BCUT2D eigenvalue weighted by Crippen LogP contribution is -2.24. The van der Waals surface area contributed by atoms with Crippen molar-refractivity contribution in [2.24, 2.45) is 0 Å². The van der Waals surface area contributed by atoms with E-state index < -0.39 is 0 Å². The zero-order valence-electron chi connectivity index (χ0n) is 10.8. The van der Waals surface area contributed by atoms with Crippen LogP contribution in [0.25, 0.3) is 11.1 Å². The van der Waals surface area contributed by atoms with Crippen LogP contribution < -0.4 is 5.56 Å². The van der Waals surface area contributed by atoms with Gasteiger partial charge in [0.1, 0.15) is 0 Å². The molecule has 98 valence electrons. The first-order chi connectivity index (χ1) is 9.84. The van der Waals surface area contributed by atoms with E-state index in [1.54, 1.807) is 18.5 Å². The number of rotatable bonds is 3. The lowest BCUT2D eigenvalue weighted by molar-refractivity contribution is 0.629. The highest BCUT2D eigenvalue weighted by molar-refractivity contribution is 5.61. The second kappa shape index (κ2) is 5.48. The Balaban J connectivity index is 2.00. The molecular weight excluding hydrogens is 250 g/mol. The number of pyridine rings is 1. The Labute approximate surface area is 116 Å². The predicted molar refractivity (Wildman–Crippen MR) is 77.3 cm³/mol. The summed E-state index contributed by atoms with van der Waals surface area (Å²) in [6.45, 7) is 0.375. The van der Waals surface area contributed by atoms with E-state index in [2.05, 4.69) is 10.1 Å². The molecule has 20 heavy (non-hydrogen) atoms. The van der Waals surface area contributed by atoms with E-state index in [-0.39, 0.29) is 5.56 Å². The molecule has 0 radical (unpaired) electrons. The smallest absolute Gasteiger partial charge is 0.267 e. The Morgan fingerprint density at radius 2 is 1.70 bits per heavy atom. The van der Waals surface area contributed by atoms with Crippen molar-refractivity contribution in [2.45, 2.75) is 6.54 Å². The van der Waals surface area contributed by atoms with Gasteiger partial charge in [-0.2, -0.15) is 5.10 Å². The second-order valence-corrected chi connectivity index (χ2v) is 4.39. The summed E-state index contributed by atoms with van der Waals surface area (Å²) in [6.07, 6.45) is 3.36. The van der Waals surface area contributed by atoms with E-state index in [9.17, 15) is 4.79 Å². The predicted octanol–water partition coefficient (Wildman–Crippen LogP) is 2.35. The van der Waals surface area contributed by atoms with Gasteiger partial charge >= 0.3 is 0 Å². The van der Waals surface area contributed by atoms with Crippen molar-refractivity contribution in [1.29, 1.82) is 0 Å². The zero-order valence-corrected chi connectivity index (χ0v) is 10.8. The first kappa shape index (κ1) is 12.3. The molecule has 0 saturated carbocycles. The average molecular weight is 263 g/mol. The van der Waals surface area contributed by atoms with Crippen LogP contribution in [0.3, 0.4) is 0 Å². The van der Waals surface area contributed by atoms with E-state index >= 15 is 0 Å². The van der Waals surface area contributed by atoms with Gasteiger partial charge in [0, 0.05) is 12.4 Å². The van der Waals surface area contributed by atoms with Gasteiger partial charge < -0.3 is 0 Å². The van der Waals surface area contributed by atoms with Crippen LogP contribution in [-0.4, -0.2) is 14.8 Å². The number of nitrogens with zero attached hydrogens (tertiary/aromatic N) is 3. The van der Waals surface area contributed by atoms with Gasteiger partial charge in [0.05, 0.1) is 17.8 Å². The molecule has 0 aliphatic carbocycles. The summed E-state index contributed by atoms with van der Waals surface area (Å²) in [7, 11) is 0. The minimum atomic E-state index is -0.107. The largest absolute Gasteiger partial charge is 0.274 e. The van der Waals surface area contributed by atoms with Gasteiger partial charge in [-0.3, -0.25) is 9.78 Å². The number of hydrogen-bond acceptors (Lipinski definition) is 3. The maximum atomic E-state index is 12.4. The van der Waals surface area contributed by atoms with Crippen molar-refractivity contribution < 1.29 is 0 Å². The molecule has 0 bridgehead atoms. The van der Waals surface area contributed by atoms with Gasteiger partial charge in [0.15, 0.2) is 0 Å². The topological polar surface area (TPSA) is 47.8 Å². The summed E-state index contributed by atoms with van der Waals surface area (Å²) in [5.41, 5.74) is 2.25. The molecule has 4 nitrogen and oxygen atoms in total. The molecule has 4 heteroatoms. The van der Waals surface area contributed by atoms with E-state index in [1.165, 1.54) is 4.68 Å². The summed E-state index contributed by atoms with van der Waals surface area (Å²) in [5, 5.41) is 4.12. The fraction of sp³-hybridized carbons (Fsp3) is 0.0625. The average Bonchev–Trinajstić information content (AvgIpc) is 2.51. The standard InChI is InChI=1S/C16H13N3O/c20-16-15(13-6-2-1-3-7-13)9-11-18-19(16)12-14-8-4-5-10-17-14/h1-11H,12H2. The zero-order chi connectivity index (χ0) is 13.8. The highest BCUT2D eigenvalue weighted by atomic mass is 16.1. The van der Waals surface area contributed by atoms with E-state index in [1.807, 2.05) is 48.5 Å². The highest BCUT2D eigenvalue weighted by Crippen LogP contribution is 2.13. The molecule has 3 aromatic rings. The van der Waals surface area contributed by atoms with Crippen LogP contribution in [0, 0.1) is 0 Å². The third-order valence-electron chi connectivity index (χ3n) is 3.03. The first-order valence-electron chi connectivity index (χ1n) is 6.36. The molecule has 0 spiro atoms. The van der Waals surface area contributed by atoms with Gasteiger partial charge in [-0.05, 0) is 23.8 Å². The number of benzene rings is 1. The minimum absolute atomic E-state index is 0.107. The number of aromatic nitrogens is 3. The normalized spacial score (nSPS) is 10.4.